The number of imide groups is 1. The van der Waals surface area contributed by atoms with Crippen molar-refractivity contribution in [1.82, 2.24) is 20.4 Å². The van der Waals surface area contributed by atoms with Gasteiger partial charge in [0.15, 0.2) is 5.69 Å². The summed E-state index contributed by atoms with van der Waals surface area (Å²) in [5.74, 6) is -0.967. The third-order valence-electron chi connectivity index (χ3n) is 5.28. The van der Waals surface area contributed by atoms with Gasteiger partial charge in [-0.05, 0) is 44.5 Å². The van der Waals surface area contributed by atoms with Gasteiger partial charge in [-0.25, -0.2) is 9.48 Å². The Kier molecular flexibility index (Phi) is 4.81. The quantitative estimate of drug-likeness (QED) is 0.560. The number of benzene rings is 2. The summed E-state index contributed by atoms with van der Waals surface area (Å²) in [6.07, 6.45) is 0. The standard InChI is InChI=1S/C22H21N5O4/c1-12(2)27-19(29)16-10-5-4-9-15(16)17(26-27)18(28)23-14-8-6-7-13(11-14)22(3)20(30)24-21(31)25-22/h4-12H,1-3H3,(H,23,28)(H2,24,25,30,31). The molecular weight excluding hydrogens is 398 g/mol. The fourth-order valence-electron chi connectivity index (χ4n) is 3.57. The maximum Gasteiger partial charge on any atom is 0.322 e. The maximum absolute atomic E-state index is 13.1. The Morgan fingerprint density at radius 3 is 2.42 bits per heavy atom. The van der Waals surface area contributed by atoms with E-state index in [0.29, 0.717) is 22.0 Å². The van der Waals surface area contributed by atoms with Crippen LogP contribution in [-0.2, 0) is 10.3 Å². The highest BCUT2D eigenvalue weighted by Crippen LogP contribution is 2.27. The van der Waals surface area contributed by atoms with Crippen molar-refractivity contribution < 1.29 is 14.4 Å². The Bertz CT molecular complexity index is 1300. The van der Waals surface area contributed by atoms with Crippen LogP contribution in [0, 0.1) is 0 Å². The van der Waals surface area contributed by atoms with Crippen LogP contribution in [0.2, 0.25) is 0 Å². The number of amides is 4. The zero-order chi connectivity index (χ0) is 22.3. The predicted octanol–water partition coefficient (Wildman–Crippen LogP) is 2.28. The van der Waals surface area contributed by atoms with Gasteiger partial charge in [-0.2, -0.15) is 5.10 Å². The monoisotopic (exact) mass is 419 g/mol. The summed E-state index contributed by atoms with van der Waals surface area (Å²) in [6.45, 7) is 5.22. The molecule has 158 valence electrons. The summed E-state index contributed by atoms with van der Waals surface area (Å²) in [5, 5.41) is 12.8. The lowest BCUT2D eigenvalue weighted by Gasteiger charge is -2.21. The smallest absolute Gasteiger partial charge is 0.321 e. The Morgan fingerprint density at radius 2 is 1.77 bits per heavy atom. The number of fused-ring (bicyclic) bond motifs is 1. The fourth-order valence-corrected chi connectivity index (χ4v) is 3.57. The number of nitrogens with one attached hydrogen (secondary N) is 3. The Hall–Kier alpha value is -4.01. The van der Waals surface area contributed by atoms with Crippen molar-refractivity contribution in [3.63, 3.8) is 0 Å². The number of rotatable bonds is 4. The molecule has 1 saturated heterocycles. The van der Waals surface area contributed by atoms with Gasteiger partial charge >= 0.3 is 6.03 Å². The fraction of sp³-hybridized carbons (Fsp3) is 0.227. The van der Waals surface area contributed by atoms with Crippen LogP contribution in [0.4, 0.5) is 10.5 Å². The van der Waals surface area contributed by atoms with Gasteiger partial charge in [-0.3, -0.25) is 19.7 Å². The minimum Gasteiger partial charge on any atom is -0.321 e. The zero-order valence-electron chi connectivity index (χ0n) is 17.2. The van der Waals surface area contributed by atoms with E-state index in [-0.39, 0.29) is 17.3 Å². The highest BCUT2D eigenvalue weighted by molar-refractivity contribution is 6.11. The van der Waals surface area contributed by atoms with Crippen molar-refractivity contribution >= 4 is 34.3 Å². The van der Waals surface area contributed by atoms with Crippen LogP contribution < -0.4 is 21.5 Å². The van der Waals surface area contributed by atoms with Gasteiger partial charge in [0.1, 0.15) is 5.54 Å². The van der Waals surface area contributed by atoms with E-state index in [4.69, 9.17) is 0 Å². The molecule has 0 aliphatic carbocycles. The summed E-state index contributed by atoms with van der Waals surface area (Å²) in [5.41, 5.74) is -0.454. The molecule has 3 aromatic rings. The number of anilines is 1. The lowest BCUT2D eigenvalue weighted by atomic mass is 9.92. The molecule has 0 radical (unpaired) electrons. The van der Waals surface area contributed by atoms with Crippen LogP contribution in [-0.4, -0.2) is 27.6 Å². The molecule has 0 saturated carbocycles. The lowest BCUT2D eigenvalue weighted by molar-refractivity contribution is -0.123. The minimum atomic E-state index is -1.24. The van der Waals surface area contributed by atoms with Crippen molar-refractivity contribution in [2.75, 3.05) is 5.32 Å². The van der Waals surface area contributed by atoms with Gasteiger partial charge in [-0.15, -0.1) is 0 Å². The number of hydrogen-bond donors (Lipinski definition) is 3. The summed E-state index contributed by atoms with van der Waals surface area (Å²) in [4.78, 5) is 49.6. The van der Waals surface area contributed by atoms with E-state index in [0.717, 1.165) is 0 Å². The van der Waals surface area contributed by atoms with Crippen LogP contribution >= 0.6 is 0 Å². The minimum absolute atomic E-state index is 0.118. The molecule has 1 unspecified atom stereocenters. The number of urea groups is 1. The third-order valence-corrected chi connectivity index (χ3v) is 5.28. The normalized spacial score (nSPS) is 18.2. The third kappa shape index (κ3) is 3.43. The second kappa shape index (κ2) is 7.35. The van der Waals surface area contributed by atoms with Gasteiger partial charge < -0.3 is 10.6 Å². The molecule has 0 spiro atoms. The Labute approximate surface area is 177 Å². The Balaban J connectivity index is 1.72. The molecule has 9 nitrogen and oxygen atoms in total. The van der Waals surface area contributed by atoms with E-state index in [1.807, 2.05) is 13.8 Å². The summed E-state index contributed by atoms with van der Waals surface area (Å²) in [6, 6.07) is 12.7. The van der Waals surface area contributed by atoms with Crippen molar-refractivity contribution in [2.45, 2.75) is 32.4 Å². The first-order chi connectivity index (χ1) is 14.7. The van der Waals surface area contributed by atoms with Gasteiger partial charge in [0.05, 0.1) is 11.4 Å². The molecule has 4 rings (SSSR count). The molecule has 0 bridgehead atoms. The van der Waals surface area contributed by atoms with E-state index in [1.165, 1.54) is 4.68 Å². The molecule has 9 heteroatoms. The average molecular weight is 419 g/mol. The highest BCUT2D eigenvalue weighted by Gasteiger charge is 2.43. The van der Waals surface area contributed by atoms with E-state index in [9.17, 15) is 19.2 Å². The average Bonchev–Trinajstić information content (AvgIpc) is 3.00. The van der Waals surface area contributed by atoms with E-state index >= 15 is 0 Å². The van der Waals surface area contributed by atoms with E-state index < -0.39 is 23.4 Å². The van der Waals surface area contributed by atoms with E-state index in [2.05, 4.69) is 21.0 Å². The number of carbonyl (C=O) groups excluding carboxylic acids is 3. The van der Waals surface area contributed by atoms with Crippen LogP contribution in [0.1, 0.15) is 42.9 Å². The first-order valence-corrected chi connectivity index (χ1v) is 9.78. The highest BCUT2D eigenvalue weighted by atomic mass is 16.2. The largest absolute Gasteiger partial charge is 0.322 e. The maximum atomic E-state index is 13.1. The molecule has 3 N–H and O–H groups in total. The van der Waals surface area contributed by atoms with Gasteiger partial charge in [0.25, 0.3) is 17.4 Å². The summed E-state index contributed by atoms with van der Waals surface area (Å²) < 4.78 is 1.28. The van der Waals surface area contributed by atoms with Gasteiger partial charge in [0, 0.05) is 11.1 Å². The predicted molar refractivity (Wildman–Crippen MR) is 115 cm³/mol. The summed E-state index contributed by atoms with van der Waals surface area (Å²) >= 11 is 0. The van der Waals surface area contributed by atoms with E-state index in [1.54, 1.807) is 55.5 Å². The molecule has 1 aliphatic rings. The van der Waals surface area contributed by atoms with Crippen LogP contribution in [0.5, 0.6) is 0 Å². The molecule has 1 fully saturated rings. The first kappa shape index (κ1) is 20.3. The molecule has 1 aromatic heterocycles. The van der Waals surface area contributed by atoms with Crippen LogP contribution in [0.3, 0.4) is 0 Å². The second-order valence-corrected chi connectivity index (χ2v) is 7.81. The molecule has 1 aliphatic heterocycles. The lowest BCUT2D eigenvalue weighted by Crippen LogP contribution is -2.40. The molecule has 1 atom stereocenters. The van der Waals surface area contributed by atoms with Gasteiger partial charge in [-0.1, -0.05) is 30.3 Å². The number of aromatic nitrogens is 2. The number of hydrogen-bond acceptors (Lipinski definition) is 5. The topological polar surface area (TPSA) is 122 Å². The van der Waals surface area contributed by atoms with Crippen LogP contribution in [0.25, 0.3) is 10.8 Å². The number of nitrogens with zero attached hydrogens (tertiary/aromatic N) is 2. The van der Waals surface area contributed by atoms with Crippen molar-refractivity contribution in [2.24, 2.45) is 0 Å². The molecule has 2 aromatic carbocycles. The second-order valence-electron chi connectivity index (χ2n) is 7.81. The molecule has 4 amide bonds. The number of carbonyl (C=O) groups is 3. The zero-order valence-corrected chi connectivity index (χ0v) is 17.2. The first-order valence-electron chi connectivity index (χ1n) is 9.78. The summed E-state index contributed by atoms with van der Waals surface area (Å²) in [7, 11) is 0. The van der Waals surface area contributed by atoms with Crippen LogP contribution in [0.15, 0.2) is 53.3 Å². The van der Waals surface area contributed by atoms with Crippen molar-refractivity contribution in [3.8, 4) is 0 Å². The van der Waals surface area contributed by atoms with Crippen molar-refractivity contribution in [3.05, 3.63) is 70.1 Å². The molecule has 2 heterocycles. The van der Waals surface area contributed by atoms with Gasteiger partial charge in [0.2, 0.25) is 0 Å². The Morgan fingerprint density at radius 1 is 1.06 bits per heavy atom. The van der Waals surface area contributed by atoms with Crippen molar-refractivity contribution in [1.29, 1.82) is 0 Å². The molecule has 31 heavy (non-hydrogen) atoms. The molecular formula is C22H21N5O4. The SMILES string of the molecule is CC(C)n1nc(C(=O)Nc2cccc(C3(C)NC(=O)NC3=O)c2)c2ccccc2c1=O.